The number of rotatable bonds is 8. The molecule has 4 rings (SSSR count). The highest BCUT2D eigenvalue weighted by atomic mass is 14.2. The summed E-state index contributed by atoms with van der Waals surface area (Å²) in [7, 11) is 0. The van der Waals surface area contributed by atoms with Crippen molar-refractivity contribution in [3.05, 3.63) is 119 Å². The highest BCUT2D eigenvalue weighted by Gasteiger charge is 2.17. The fourth-order valence-electron chi connectivity index (χ4n) is 4.81. The molecule has 0 aromatic heterocycles. The van der Waals surface area contributed by atoms with Crippen molar-refractivity contribution in [2.24, 2.45) is 5.92 Å². The molecule has 0 fully saturated rings. The van der Waals surface area contributed by atoms with E-state index in [4.69, 9.17) is 0 Å². The van der Waals surface area contributed by atoms with E-state index in [1.807, 2.05) is 0 Å². The first-order valence-electron chi connectivity index (χ1n) is 11.7. The largest absolute Gasteiger partial charge is 0.0622 e. The molecule has 4 aromatic rings. The Morgan fingerprint density at radius 3 is 2.16 bits per heavy atom. The lowest BCUT2D eigenvalue weighted by molar-refractivity contribution is 0.486. The van der Waals surface area contributed by atoms with E-state index in [1.54, 1.807) is 0 Å². The molecule has 0 saturated heterocycles. The van der Waals surface area contributed by atoms with Crippen LogP contribution in [0.2, 0.25) is 0 Å². The second kappa shape index (κ2) is 9.96. The van der Waals surface area contributed by atoms with E-state index in [2.05, 4.69) is 112 Å². The minimum absolute atomic E-state index is 0.536. The first-order valence-corrected chi connectivity index (χ1v) is 11.7. The van der Waals surface area contributed by atoms with E-state index >= 15 is 0 Å². The summed E-state index contributed by atoms with van der Waals surface area (Å²) >= 11 is 0. The van der Waals surface area contributed by atoms with Gasteiger partial charge in [0.05, 0.1) is 0 Å². The van der Waals surface area contributed by atoms with Crippen LogP contribution in [-0.2, 0) is 19.3 Å². The molecule has 31 heavy (non-hydrogen) atoms. The summed E-state index contributed by atoms with van der Waals surface area (Å²) in [5, 5.41) is 2.80. The Kier molecular flexibility index (Phi) is 6.87. The maximum atomic E-state index is 2.44. The lowest BCUT2D eigenvalue weighted by atomic mass is 9.82. The van der Waals surface area contributed by atoms with E-state index < -0.39 is 0 Å². The summed E-state index contributed by atoms with van der Waals surface area (Å²) in [4.78, 5) is 0. The molecule has 0 radical (unpaired) electrons. The monoisotopic (exact) mass is 406 g/mol. The molecule has 158 valence electrons. The van der Waals surface area contributed by atoms with Gasteiger partial charge in [0.1, 0.15) is 0 Å². The Balaban J connectivity index is 1.43. The fourth-order valence-corrected chi connectivity index (χ4v) is 4.81. The zero-order valence-corrected chi connectivity index (χ0v) is 19.1. The van der Waals surface area contributed by atoms with Gasteiger partial charge in [-0.3, -0.25) is 0 Å². The summed E-state index contributed by atoms with van der Waals surface area (Å²) in [5.41, 5.74) is 7.24. The van der Waals surface area contributed by atoms with Gasteiger partial charge in [-0.05, 0) is 83.0 Å². The van der Waals surface area contributed by atoms with Crippen LogP contribution in [0.1, 0.15) is 54.0 Å². The third kappa shape index (κ3) is 5.25. The van der Waals surface area contributed by atoms with E-state index in [1.165, 1.54) is 45.0 Å². The summed E-state index contributed by atoms with van der Waals surface area (Å²) in [5.74, 6) is 1.12. The Bertz CT molecular complexity index is 1120. The number of benzene rings is 4. The van der Waals surface area contributed by atoms with E-state index in [0.717, 1.165) is 19.3 Å². The van der Waals surface area contributed by atoms with Crippen molar-refractivity contribution in [1.82, 2.24) is 0 Å². The van der Waals surface area contributed by atoms with Gasteiger partial charge in [-0.2, -0.15) is 0 Å². The van der Waals surface area contributed by atoms with E-state index in [0.29, 0.717) is 11.8 Å². The van der Waals surface area contributed by atoms with Crippen LogP contribution in [0.3, 0.4) is 0 Å². The molecule has 0 spiro atoms. The Labute approximate surface area is 188 Å². The first kappa shape index (κ1) is 21.4. The molecular weight excluding hydrogens is 372 g/mol. The highest BCUT2D eigenvalue weighted by Crippen LogP contribution is 2.31. The molecule has 0 saturated carbocycles. The normalized spacial score (nSPS) is 13.3. The lowest BCUT2D eigenvalue weighted by Gasteiger charge is -2.22. The summed E-state index contributed by atoms with van der Waals surface area (Å²) in [6.45, 7) is 7.04. The molecule has 2 atom stereocenters. The second-order valence-corrected chi connectivity index (χ2v) is 9.14. The van der Waals surface area contributed by atoms with Gasteiger partial charge in [-0.15, -0.1) is 0 Å². The van der Waals surface area contributed by atoms with Crippen LogP contribution in [0.4, 0.5) is 0 Å². The molecule has 0 aliphatic carbocycles. The second-order valence-electron chi connectivity index (χ2n) is 9.14. The molecule has 0 amide bonds. The van der Waals surface area contributed by atoms with Gasteiger partial charge in [0.15, 0.2) is 0 Å². The number of hydrogen-bond acceptors (Lipinski definition) is 0. The molecule has 0 heteroatoms. The molecule has 0 nitrogen and oxygen atoms in total. The van der Waals surface area contributed by atoms with Crippen LogP contribution >= 0.6 is 0 Å². The first-order chi connectivity index (χ1) is 15.1. The van der Waals surface area contributed by atoms with Crippen molar-refractivity contribution in [1.29, 1.82) is 0 Å². The molecular formula is C31H34. The van der Waals surface area contributed by atoms with Crippen molar-refractivity contribution >= 4 is 10.8 Å². The summed E-state index contributed by atoms with van der Waals surface area (Å²) in [6, 6.07) is 33.5. The average molecular weight is 407 g/mol. The molecule has 0 aliphatic heterocycles. The SMILES string of the molecule is Cc1cccc2cccc(C[C@@H](C)C(C)c3cccc(CCCc4ccccc4)c3)c12. The number of aryl methyl sites for hydroxylation is 3. The topological polar surface area (TPSA) is 0 Å². The number of hydrogen-bond donors (Lipinski definition) is 0. The van der Waals surface area contributed by atoms with Crippen LogP contribution in [0.25, 0.3) is 10.8 Å². The highest BCUT2D eigenvalue weighted by molar-refractivity contribution is 5.88. The molecule has 0 aliphatic rings. The zero-order chi connectivity index (χ0) is 21.6. The third-order valence-corrected chi connectivity index (χ3v) is 6.85. The average Bonchev–Trinajstić information content (AvgIpc) is 2.80. The predicted molar refractivity (Wildman–Crippen MR) is 135 cm³/mol. The van der Waals surface area contributed by atoms with E-state index in [-0.39, 0.29) is 0 Å². The Morgan fingerprint density at radius 1 is 0.677 bits per heavy atom. The van der Waals surface area contributed by atoms with Gasteiger partial charge >= 0.3 is 0 Å². The molecule has 0 bridgehead atoms. The lowest BCUT2D eigenvalue weighted by Crippen LogP contribution is -2.10. The van der Waals surface area contributed by atoms with Gasteiger partial charge < -0.3 is 0 Å². The van der Waals surface area contributed by atoms with Gasteiger partial charge in [-0.25, -0.2) is 0 Å². The zero-order valence-electron chi connectivity index (χ0n) is 19.1. The quantitative estimate of drug-likeness (QED) is 0.276. The van der Waals surface area contributed by atoms with Gasteiger partial charge in [0.25, 0.3) is 0 Å². The number of fused-ring (bicyclic) bond motifs is 1. The van der Waals surface area contributed by atoms with Gasteiger partial charge in [0, 0.05) is 0 Å². The van der Waals surface area contributed by atoms with Crippen LogP contribution in [0.15, 0.2) is 91.0 Å². The maximum absolute atomic E-state index is 2.44. The minimum atomic E-state index is 0.536. The van der Waals surface area contributed by atoms with Crippen LogP contribution in [0, 0.1) is 12.8 Å². The van der Waals surface area contributed by atoms with Crippen molar-refractivity contribution < 1.29 is 0 Å². The van der Waals surface area contributed by atoms with Crippen LogP contribution in [-0.4, -0.2) is 0 Å². The molecule has 1 unspecified atom stereocenters. The summed E-state index contributed by atoms with van der Waals surface area (Å²) in [6.07, 6.45) is 4.61. The Morgan fingerprint density at radius 2 is 1.35 bits per heavy atom. The van der Waals surface area contributed by atoms with Crippen LogP contribution in [0.5, 0.6) is 0 Å². The van der Waals surface area contributed by atoms with Crippen molar-refractivity contribution in [2.45, 2.75) is 52.4 Å². The fraction of sp³-hybridized carbons (Fsp3) is 0.290. The van der Waals surface area contributed by atoms with Crippen molar-refractivity contribution in [2.75, 3.05) is 0 Å². The molecule has 4 aromatic carbocycles. The predicted octanol–water partition coefficient (Wildman–Crippen LogP) is 8.31. The maximum Gasteiger partial charge on any atom is -0.0123 e. The van der Waals surface area contributed by atoms with Crippen molar-refractivity contribution in [3.8, 4) is 0 Å². The third-order valence-electron chi connectivity index (χ3n) is 6.85. The summed E-state index contributed by atoms with van der Waals surface area (Å²) < 4.78 is 0. The van der Waals surface area contributed by atoms with Gasteiger partial charge in [-0.1, -0.05) is 105 Å². The molecule has 0 N–H and O–H groups in total. The Hall–Kier alpha value is -2.86. The van der Waals surface area contributed by atoms with Crippen LogP contribution < -0.4 is 0 Å². The van der Waals surface area contributed by atoms with Gasteiger partial charge in [0.2, 0.25) is 0 Å². The molecule has 0 heterocycles. The smallest absolute Gasteiger partial charge is 0.0123 e. The van der Waals surface area contributed by atoms with Crippen molar-refractivity contribution in [3.63, 3.8) is 0 Å². The van der Waals surface area contributed by atoms with E-state index in [9.17, 15) is 0 Å². The standard InChI is InChI=1S/C31H34/c1-23-11-7-17-28-18-10-20-30(31(23)28)21-24(2)25(3)29-19-9-16-27(22-29)15-8-14-26-12-5-4-6-13-26/h4-7,9-13,16-20,22,24-25H,8,14-15,21H2,1-3H3/t24-,25?/m1/s1. The minimum Gasteiger partial charge on any atom is -0.0622 e.